The Labute approximate surface area is 115 Å². The number of hydrogen-bond acceptors (Lipinski definition) is 3. The molecule has 18 heavy (non-hydrogen) atoms. The third-order valence-corrected chi connectivity index (χ3v) is 4.37. The number of alkyl halides is 1. The van der Waals surface area contributed by atoms with Crippen molar-refractivity contribution in [3.8, 4) is 0 Å². The van der Waals surface area contributed by atoms with Crippen molar-refractivity contribution in [1.29, 1.82) is 0 Å². The minimum atomic E-state index is -0.283. The molecule has 1 aromatic carbocycles. The van der Waals surface area contributed by atoms with Gasteiger partial charge < -0.3 is 4.90 Å². The number of halogens is 1. The van der Waals surface area contributed by atoms with E-state index in [1.165, 1.54) is 0 Å². The summed E-state index contributed by atoms with van der Waals surface area (Å²) in [5, 5.41) is 11.8. The molecule has 4 nitrogen and oxygen atoms in total. The zero-order valence-corrected chi connectivity index (χ0v) is 12.2. The van der Waals surface area contributed by atoms with Crippen LogP contribution in [0.4, 0.5) is 11.4 Å². The molecule has 0 aliphatic carbocycles. The summed E-state index contributed by atoms with van der Waals surface area (Å²) < 4.78 is 0. The Bertz CT molecular complexity index is 454. The predicted octanol–water partition coefficient (Wildman–Crippen LogP) is 3.58. The molecule has 1 heterocycles. The van der Waals surface area contributed by atoms with E-state index in [9.17, 15) is 10.1 Å². The summed E-state index contributed by atoms with van der Waals surface area (Å²) >= 11 is 3.33. The molecule has 0 spiro atoms. The highest BCUT2D eigenvalue weighted by Crippen LogP contribution is 2.35. The van der Waals surface area contributed by atoms with Crippen LogP contribution in [0.1, 0.15) is 19.4 Å². The molecule has 0 aromatic heterocycles. The topological polar surface area (TPSA) is 46.4 Å². The van der Waals surface area contributed by atoms with Gasteiger partial charge in [-0.1, -0.05) is 35.8 Å². The Balaban J connectivity index is 2.35. The molecule has 1 aromatic rings. The van der Waals surface area contributed by atoms with E-state index in [4.69, 9.17) is 0 Å². The Morgan fingerprint density at radius 1 is 1.39 bits per heavy atom. The zero-order valence-electron chi connectivity index (χ0n) is 10.6. The lowest BCUT2D eigenvalue weighted by molar-refractivity contribution is -0.384. The van der Waals surface area contributed by atoms with E-state index < -0.39 is 0 Å². The maximum atomic E-state index is 11.2. The molecule has 2 rings (SSSR count). The summed E-state index contributed by atoms with van der Waals surface area (Å²) in [5.41, 5.74) is 1.90. The van der Waals surface area contributed by atoms with Crippen LogP contribution in [0.25, 0.3) is 0 Å². The summed E-state index contributed by atoms with van der Waals surface area (Å²) in [6, 6.07) is 5.49. The number of benzene rings is 1. The van der Waals surface area contributed by atoms with Gasteiger partial charge in [0.25, 0.3) is 5.69 Å². The fraction of sp³-hybridized carbons (Fsp3) is 0.538. The van der Waals surface area contributed by atoms with Crippen LogP contribution in [-0.2, 0) is 5.33 Å². The first-order valence-corrected chi connectivity index (χ1v) is 7.23. The van der Waals surface area contributed by atoms with Crippen LogP contribution >= 0.6 is 15.9 Å². The van der Waals surface area contributed by atoms with Gasteiger partial charge in [-0.25, -0.2) is 0 Å². The SMILES string of the molecule is CC1CN(c2ccc(CBr)cc2[N+](=O)[O-])CC1C. The van der Waals surface area contributed by atoms with Crippen molar-refractivity contribution >= 4 is 27.3 Å². The van der Waals surface area contributed by atoms with Gasteiger partial charge in [0, 0.05) is 24.5 Å². The monoisotopic (exact) mass is 312 g/mol. The van der Waals surface area contributed by atoms with Gasteiger partial charge in [0.2, 0.25) is 0 Å². The lowest BCUT2D eigenvalue weighted by Crippen LogP contribution is -2.20. The predicted molar refractivity (Wildman–Crippen MR) is 76.3 cm³/mol. The number of nitro groups is 1. The summed E-state index contributed by atoms with van der Waals surface area (Å²) in [6.45, 7) is 6.19. The Morgan fingerprint density at radius 3 is 2.50 bits per heavy atom. The van der Waals surface area contributed by atoms with Crippen LogP contribution in [0, 0.1) is 22.0 Å². The van der Waals surface area contributed by atoms with E-state index in [-0.39, 0.29) is 10.6 Å². The van der Waals surface area contributed by atoms with Crippen LogP contribution in [-0.4, -0.2) is 18.0 Å². The van der Waals surface area contributed by atoms with E-state index in [0.29, 0.717) is 17.2 Å². The molecular formula is C13H17BrN2O2. The standard InChI is InChI=1S/C13H17BrN2O2/c1-9-7-15(8-10(9)2)12-4-3-11(6-14)5-13(12)16(17)18/h3-5,9-10H,6-8H2,1-2H3. The first-order chi connectivity index (χ1) is 8.52. The molecule has 98 valence electrons. The molecule has 1 aliphatic heterocycles. The van der Waals surface area contributed by atoms with Crippen molar-refractivity contribution < 1.29 is 4.92 Å². The van der Waals surface area contributed by atoms with Crippen LogP contribution in [0.15, 0.2) is 18.2 Å². The molecule has 1 aliphatic rings. The second kappa shape index (κ2) is 5.26. The molecule has 0 amide bonds. The third-order valence-electron chi connectivity index (χ3n) is 3.72. The number of anilines is 1. The average Bonchev–Trinajstić information content (AvgIpc) is 2.68. The fourth-order valence-electron chi connectivity index (χ4n) is 2.39. The molecule has 1 saturated heterocycles. The van der Waals surface area contributed by atoms with Gasteiger partial charge in [-0.05, 0) is 23.5 Å². The summed E-state index contributed by atoms with van der Waals surface area (Å²) in [6.07, 6.45) is 0. The van der Waals surface area contributed by atoms with E-state index in [1.54, 1.807) is 6.07 Å². The van der Waals surface area contributed by atoms with Crippen LogP contribution in [0.2, 0.25) is 0 Å². The lowest BCUT2D eigenvalue weighted by atomic mass is 10.0. The normalized spacial score (nSPS) is 23.4. The summed E-state index contributed by atoms with van der Waals surface area (Å²) in [4.78, 5) is 13.0. The Morgan fingerprint density at radius 2 is 2.00 bits per heavy atom. The first kappa shape index (κ1) is 13.3. The van der Waals surface area contributed by atoms with Gasteiger partial charge in [-0.2, -0.15) is 0 Å². The second-order valence-corrected chi connectivity index (χ2v) is 5.63. The minimum absolute atomic E-state index is 0.216. The van der Waals surface area contributed by atoms with Crippen molar-refractivity contribution in [1.82, 2.24) is 0 Å². The van der Waals surface area contributed by atoms with Crippen molar-refractivity contribution in [2.24, 2.45) is 11.8 Å². The van der Waals surface area contributed by atoms with Gasteiger partial charge >= 0.3 is 0 Å². The summed E-state index contributed by atoms with van der Waals surface area (Å²) in [5.74, 6) is 1.17. The molecule has 0 bridgehead atoms. The Kier molecular flexibility index (Phi) is 3.90. The number of rotatable bonds is 3. The van der Waals surface area contributed by atoms with Crippen molar-refractivity contribution in [3.63, 3.8) is 0 Å². The van der Waals surface area contributed by atoms with Crippen molar-refractivity contribution in [2.75, 3.05) is 18.0 Å². The smallest absolute Gasteiger partial charge is 0.292 e. The van der Waals surface area contributed by atoms with E-state index >= 15 is 0 Å². The van der Waals surface area contributed by atoms with Gasteiger partial charge in [0.15, 0.2) is 0 Å². The highest BCUT2D eigenvalue weighted by Gasteiger charge is 2.30. The number of nitro benzene ring substituents is 1. The zero-order chi connectivity index (χ0) is 13.3. The number of hydrogen-bond donors (Lipinski definition) is 0. The highest BCUT2D eigenvalue weighted by molar-refractivity contribution is 9.08. The molecule has 2 atom stereocenters. The van der Waals surface area contributed by atoms with E-state index in [0.717, 1.165) is 24.3 Å². The Hall–Kier alpha value is -1.10. The molecular weight excluding hydrogens is 296 g/mol. The molecule has 0 saturated carbocycles. The molecule has 0 N–H and O–H groups in total. The molecule has 1 fully saturated rings. The van der Waals surface area contributed by atoms with Crippen LogP contribution in [0.5, 0.6) is 0 Å². The maximum Gasteiger partial charge on any atom is 0.292 e. The van der Waals surface area contributed by atoms with Gasteiger partial charge in [-0.3, -0.25) is 10.1 Å². The fourth-order valence-corrected chi connectivity index (χ4v) is 2.74. The average molecular weight is 313 g/mol. The first-order valence-electron chi connectivity index (χ1n) is 6.11. The largest absolute Gasteiger partial charge is 0.365 e. The van der Waals surface area contributed by atoms with E-state index in [2.05, 4.69) is 34.7 Å². The third kappa shape index (κ3) is 2.51. The van der Waals surface area contributed by atoms with Gasteiger partial charge in [-0.15, -0.1) is 0 Å². The maximum absolute atomic E-state index is 11.2. The summed E-state index contributed by atoms with van der Waals surface area (Å²) in [7, 11) is 0. The molecule has 2 unspecified atom stereocenters. The minimum Gasteiger partial charge on any atom is -0.365 e. The second-order valence-electron chi connectivity index (χ2n) is 5.07. The van der Waals surface area contributed by atoms with Crippen molar-refractivity contribution in [2.45, 2.75) is 19.2 Å². The number of nitrogens with zero attached hydrogens (tertiary/aromatic N) is 2. The lowest BCUT2D eigenvalue weighted by Gasteiger charge is -2.18. The van der Waals surface area contributed by atoms with Crippen LogP contribution < -0.4 is 4.90 Å². The van der Waals surface area contributed by atoms with Crippen molar-refractivity contribution in [3.05, 3.63) is 33.9 Å². The van der Waals surface area contributed by atoms with Gasteiger partial charge in [0.1, 0.15) is 5.69 Å². The van der Waals surface area contributed by atoms with E-state index in [1.807, 2.05) is 12.1 Å². The highest BCUT2D eigenvalue weighted by atomic mass is 79.9. The van der Waals surface area contributed by atoms with Crippen LogP contribution in [0.3, 0.4) is 0 Å². The van der Waals surface area contributed by atoms with Gasteiger partial charge in [0.05, 0.1) is 4.92 Å². The molecule has 5 heteroatoms. The quantitative estimate of drug-likeness (QED) is 0.487. The molecule has 0 radical (unpaired) electrons.